The molecule has 2 aromatic rings. The largest absolute Gasteiger partial charge is 0.452 e. The number of ether oxygens (including phenoxy) is 1. The molecule has 1 amide bonds. The van der Waals surface area contributed by atoms with Crippen LogP contribution in [0, 0.1) is 0 Å². The van der Waals surface area contributed by atoms with Crippen molar-refractivity contribution in [2.75, 3.05) is 11.9 Å². The molecule has 0 aliphatic heterocycles. The van der Waals surface area contributed by atoms with Crippen molar-refractivity contribution in [3.05, 3.63) is 64.7 Å². The van der Waals surface area contributed by atoms with E-state index in [1.165, 1.54) is 6.07 Å². The molecule has 5 heteroatoms. The van der Waals surface area contributed by atoms with Crippen LogP contribution in [0.3, 0.4) is 0 Å². The zero-order chi connectivity index (χ0) is 17.7. The smallest absolute Gasteiger partial charge is 0.338 e. The van der Waals surface area contributed by atoms with E-state index in [1.807, 2.05) is 24.3 Å². The number of halogens is 1. The second kappa shape index (κ2) is 7.49. The summed E-state index contributed by atoms with van der Waals surface area (Å²) in [6.07, 6.45) is 0. The topological polar surface area (TPSA) is 55.4 Å². The molecule has 0 aliphatic rings. The number of carbonyl (C=O) groups excluding carboxylic acids is 2. The van der Waals surface area contributed by atoms with Crippen LogP contribution in [0.25, 0.3) is 0 Å². The van der Waals surface area contributed by atoms with Crippen molar-refractivity contribution in [3.63, 3.8) is 0 Å². The van der Waals surface area contributed by atoms with Gasteiger partial charge in [0.25, 0.3) is 5.91 Å². The highest BCUT2D eigenvalue weighted by molar-refractivity contribution is 6.30. The van der Waals surface area contributed by atoms with E-state index in [4.69, 9.17) is 16.3 Å². The lowest BCUT2D eigenvalue weighted by Gasteiger charge is -2.22. The molecule has 0 saturated heterocycles. The number of nitrogens with one attached hydrogen (secondary N) is 1. The zero-order valence-electron chi connectivity index (χ0n) is 13.9. The molecular weight excluding hydrogens is 326 g/mol. The molecule has 0 atom stereocenters. The SMILES string of the molecule is CC(C)(C)c1ccccc1NC(=O)COC(=O)c1cccc(Cl)c1. The third-order valence-electron chi connectivity index (χ3n) is 3.40. The van der Waals surface area contributed by atoms with Crippen LogP contribution in [0.2, 0.25) is 5.02 Å². The van der Waals surface area contributed by atoms with Crippen molar-refractivity contribution < 1.29 is 14.3 Å². The van der Waals surface area contributed by atoms with E-state index < -0.39 is 5.97 Å². The summed E-state index contributed by atoms with van der Waals surface area (Å²) in [5, 5.41) is 3.23. The summed E-state index contributed by atoms with van der Waals surface area (Å²) in [4.78, 5) is 24.0. The zero-order valence-corrected chi connectivity index (χ0v) is 14.7. The fourth-order valence-electron chi connectivity index (χ4n) is 2.26. The Bertz CT molecular complexity index is 750. The fraction of sp³-hybridized carbons (Fsp3) is 0.263. The van der Waals surface area contributed by atoms with Crippen molar-refractivity contribution >= 4 is 29.2 Å². The van der Waals surface area contributed by atoms with Gasteiger partial charge in [-0.3, -0.25) is 4.79 Å². The van der Waals surface area contributed by atoms with Gasteiger partial charge < -0.3 is 10.1 Å². The highest BCUT2D eigenvalue weighted by atomic mass is 35.5. The summed E-state index contributed by atoms with van der Waals surface area (Å²) in [5.74, 6) is -0.973. The van der Waals surface area contributed by atoms with Crippen molar-refractivity contribution in [1.29, 1.82) is 0 Å². The van der Waals surface area contributed by atoms with Crippen molar-refractivity contribution in [1.82, 2.24) is 0 Å². The Kier molecular flexibility index (Phi) is 5.62. The Morgan fingerprint density at radius 3 is 2.46 bits per heavy atom. The van der Waals surface area contributed by atoms with Gasteiger partial charge in [-0.05, 0) is 35.2 Å². The summed E-state index contributed by atoms with van der Waals surface area (Å²) in [7, 11) is 0. The predicted octanol–water partition coefficient (Wildman–Crippen LogP) is 4.43. The minimum atomic E-state index is -0.586. The number of hydrogen-bond donors (Lipinski definition) is 1. The number of para-hydroxylation sites is 1. The number of amides is 1. The first-order valence-corrected chi connectivity index (χ1v) is 7.97. The minimum absolute atomic E-state index is 0.110. The van der Waals surface area contributed by atoms with Gasteiger partial charge >= 0.3 is 5.97 Å². The lowest BCUT2D eigenvalue weighted by atomic mass is 9.86. The van der Waals surface area contributed by atoms with E-state index in [0.717, 1.165) is 5.56 Å². The molecule has 2 aromatic carbocycles. The second-order valence-electron chi connectivity index (χ2n) is 6.43. The molecule has 126 valence electrons. The molecule has 0 heterocycles. The molecule has 0 aliphatic carbocycles. The molecule has 0 aromatic heterocycles. The molecule has 0 spiro atoms. The third-order valence-corrected chi connectivity index (χ3v) is 3.64. The minimum Gasteiger partial charge on any atom is -0.452 e. The maximum atomic E-state index is 12.1. The molecule has 24 heavy (non-hydrogen) atoms. The van der Waals surface area contributed by atoms with Crippen LogP contribution in [0.5, 0.6) is 0 Å². The molecule has 4 nitrogen and oxygen atoms in total. The summed E-state index contributed by atoms with van der Waals surface area (Å²) in [6, 6.07) is 14.0. The van der Waals surface area contributed by atoms with Gasteiger partial charge in [0.15, 0.2) is 6.61 Å². The molecule has 1 N–H and O–H groups in total. The van der Waals surface area contributed by atoms with E-state index in [1.54, 1.807) is 18.2 Å². The van der Waals surface area contributed by atoms with Gasteiger partial charge in [-0.15, -0.1) is 0 Å². The Morgan fingerprint density at radius 2 is 1.79 bits per heavy atom. The van der Waals surface area contributed by atoms with E-state index in [9.17, 15) is 9.59 Å². The first-order chi connectivity index (χ1) is 11.3. The lowest BCUT2D eigenvalue weighted by Crippen LogP contribution is -2.23. The first-order valence-electron chi connectivity index (χ1n) is 7.59. The van der Waals surface area contributed by atoms with Gasteiger partial charge in [-0.1, -0.05) is 56.6 Å². The van der Waals surface area contributed by atoms with Crippen LogP contribution in [-0.4, -0.2) is 18.5 Å². The van der Waals surface area contributed by atoms with E-state index in [0.29, 0.717) is 16.3 Å². The Labute approximate surface area is 146 Å². The third kappa shape index (κ3) is 4.83. The second-order valence-corrected chi connectivity index (χ2v) is 6.87. The van der Waals surface area contributed by atoms with Crippen LogP contribution in [0.15, 0.2) is 48.5 Å². The van der Waals surface area contributed by atoms with E-state index in [2.05, 4.69) is 26.1 Å². The van der Waals surface area contributed by atoms with Crippen molar-refractivity contribution in [3.8, 4) is 0 Å². The van der Waals surface area contributed by atoms with Crippen molar-refractivity contribution in [2.24, 2.45) is 0 Å². The first kappa shape index (κ1) is 18.0. The van der Waals surface area contributed by atoms with Crippen LogP contribution < -0.4 is 5.32 Å². The van der Waals surface area contributed by atoms with E-state index in [-0.39, 0.29) is 17.9 Å². The number of anilines is 1. The van der Waals surface area contributed by atoms with Gasteiger partial charge in [0.1, 0.15) is 0 Å². The number of rotatable bonds is 4. The normalized spacial score (nSPS) is 11.0. The average Bonchev–Trinajstić information content (AvgIpc) is 2.52. The molecule has 0 fully saturated rings. The molecule has 0 radical (unpaired) electrons. The van der Waals surface area contributed by atoms with Crippen LogP contribution >= 0.6 is 11.6 Å². The summed E-state index contributed by atoms with van der Waals surface area (Å²) >= 11 is 5.83. The van der Waals surface area contributed by atoms with Gasteiger partial charge in [0, 0.05) is 10.7 Å². The van der Waals surface area contributed by atoms with Crippen LogP contribution in [0.1, 0.15) is 36.7 Å². The number of hydrogen-bond acceptors (Lipinski definition) is 3. The molecule has 0 unspecified atom stereocenters. The highest BCUT2D eigenvalue weighted by Crippen LogP contribution is 2.29. The Morgan fingerprint density at radius 1 is 1.08 bits per heavy atom. The number of carbonyl (C=O) groups is 2. The van der Waals surface area contributed by atoms with Gasteiger partial charge in [0.05, 0.1) is 5.56 Å². The fourth-order valence-corrected chi connectivity index (χ4v) is 2.45. The molecular formula is C19H20ClNO3. The van der Waals surface area contributed by atoms with Crippen LogP contribution in [0.4, 0.5) is 5.69 Å². The monoisotopic (exact) mass is 345 g/mol. The Balaban J connectivity index is 1.98. The maximum Gasteiger partial charge on any atom is 0.338 e. The number of esters is 1. The quantitative estimate of drug-likeness (QED) is 0.834. The number of benzene rings is 2. The molecule has 0 bridgehead atoms. The highest BCUT2D eigenvalue weighted by Gasteiger charge is 2.19. The van der Waals surface area contributed by atoms with E-state index >= 15 is 0 Å². The van der Waals surface area contributed by atoms with Gasteiger partial charge in [-0.2, -0.15) is 0 Å². The average molecular weight is 346 g/mol. The lowest BCUT2D eigenvalue weighted by molar-refractivity contribution is -0.119. The summed E-state index contributed by atoms with van der Waals surface area (Å²) < 4.78 is 5.03. The van der Waals surface area contributed by atoms with Crippen LogP contribution in [-0.2, 0) is 14.9 Å². The van der Waals surface area contributed by atoms with Gasteiger partial charge in [-0.25, -0.2) is 4.79 Å². The molecule has 2 rings (SSSR count). The Hall–Kier alpha value is -2.33. The van der Waals surface area contributed by atoms with Gasteiger partial charge in [0.2, 0.25) is 0 Å². The summed E-state index contributed by atoms with van der Waals surface area (Å²) in [6.45, 7) is 5.84. The predicted molar refractivity (Wildman–Crippen MR) is 95.5 cm³/mol. The maximum absolute atomic E-state index is 12.1. The summed E-state index contributed by atoms with van der Waals surface area (Å²) in [5.41, 5.74) is 1.93. The molecule has 0 saturated carbocycles. The van der Waals surface area contributed by atoms with Crippen molar-refractivity contribution in [2.45, 2.75) is 26.2 Å². The standard InChI is InChI=1S/C19H20ClNO3/c1-19(2,3)15-9-4-5-10-16(15)21-17(22)12-24-18(23)13-7-6-8-14(20)11-13/h4-11H,12H2,1-3H3,(H,21,22).